The summed E-state index contributed by atoms with van der Waals surface area (Å²) < 4.78 is 12.7. The van der Waals surface area contributed by atoms with Crippen LogP contribution in [0.15, 0.2) is 48.5 Å². The highest BCUT2D eigenvalue weighted by Crippen LogP contribution is 2.37. The number of nitrogens with zero attached hydrogens (tertiary/aromatic N) is 5. The fourth-order valence-electron chi connectivity index (χ4n) is 3.61. The fraction of sp³-hybridized carbons (Fsp3) is 0.250. The van der Waals surface area contributed by atoms with Gasteiger partial charge in [-0.15, -0.1) is 5.10 Å². The molecule has 1 N–H and O–H groups in total. The summed E-state index contributed by atoms with van der Waals surface area (Å²) in [6, 6.07) is 14.0. The Balaban J connectivity index is 1.44. The number of hydrogen-bond acceptors (Lipinski definition) is 7. The van der Waals surface area contributed by atoms with Crippen molar-refractivity contribution in [3.8, 4) is 17.2 Å². The third-order valence-corrected chi connectivity index (χ3v) is 5.23. The monoisotopic (exact) mass is 406 g/mol. The minimum atomic E-state index is -1.24. The number of ether oxygens (including phenoxy) is 2. The van der Waals surface area contributed by atoms with Gasteiger partial charge >= 0.3 is 6.03 Å². The number of amides is 3. The van der Waals surface area contributed by atoms with Crippen molar-refractivity contribution in [1.82, 2.24) is 30.4 Å². The number of carbonyl (C=O) groups is 2. The van der Waals surface area contributed by atoms with Gasteiger partial charge in [0.15, 0.2) is 17.3 Å². The molecular weight excluding hydrogens is 388 g/mol. The van der Waals surface area contributed by atoms with Crippen molar-refractivity contribution in [2.45, 2.75) is 19.0 Å². The number of carbonyl (C=O) groups excluding carboxylic acids is 2. The van der Waals surface area contributed by atoms with E-state index in [1.807, 2.05) is 30.3 Å². The van der Waals surface area contributed by atoms with Crippen molar-refractivity contribution in [3.05, 3.63) is 59.9 Å². The molecule has 0 saturated carbocycles. The van der Waals surface area contributed by atoms with Crippen LogP contribution >= 0.6 is 0 Å². The highest BCUT2D eigenvalue weighted by atomic mass is 16.6. The zero-order valence-corrected chi connectivity index (χ0v) is 16.1. The Labute approximate surface area is 171 Å². The largest absolute Gasteiger partial charge is 0.486 e. The lowest BCUT2D eigenvalue weighted by atomic mass is 9.91. The summed E-state index contributed by atoms with van der Waals surface area (Å²) >= 11 is 0. The SMILES string of the molecule is C[C@@]1(c2ccc3c(c2)OCCO3)NC(=O)N(Cc2nnnn2-c2ccccc2)C1=O. The minimum absolute atomic E-state index is 0.0628. The smallest absolute Gasteiger partial charge is 0.325 e. The number of benzene rings is 2. The molecule has 0 aliphatic carbocycles. The quantitative estimate of drug-likeness (QED) is 0.652. The Bertz CT molecular complexity index is 1130. The predicted octanol–water partition coefficient (Wildman–Crippen LogP) is 1.40. The fourth-order valence-corrected chi connectivity index (χ4v) is 3.61. The van der Waals surface area contributed by atoms with Gasteiger partial charge in [-0.1, -0.05) is 24.3 Å². The summed E-state index contributed by atoms with van der Waals surface area (Å²) in [5.74, 6) is 1.14. The first-order chi connectivity index (χ1) is 14.6. The number of fused-ring (bicyclic) bond motifs is 1. The maximum Gasteiger partial charge on any atom is 0.325 e. The molecular formula is C20H18N6O4. The maximum atomic E-state index is 13.3. The molecule has 1 atom stereocenters. The average molecular weight is 406 g/mol. The van der Waals surface area contributed by atoms with E-state index in [9.17, 15) is 9.59 Å². The van der Waals surface area contributed by atoms with Crippen LogP contribution in [-0.2, 0) is 16.9 Å². The first-order valence-electron chi connectivity index (χ1n) is 9.43. The van der Waals surface area contributed by atoms with Gasteiger partial charge < -0.3 is 14.8 Å². The number of rotatable bonds is 4. The van der Waals surface area contributed by atoms with Gasteiger partial charge in [-0.05, 0) is 47.2 Å². The van der Waals surface area contributed by atoms with E-state index in [-0.39, 0.29) is 6.54 Å². The van der Waals surface area contributed by atoms with Crippen LogP contribution in [0.4, 0.5) is 4.79 Å². The van der Waals surface area contributed by atoms with Crippen molar-refractivity contribution < 1.29 is 19.1 Å². The van der Waals surface area contributed by atoms with Crippen molar-refractivity contribution in [3.63, 3.8) is 0 Å². The molecule has 30 heavy (non-hydrogen) atoms. The predicted molar refractivity (Wildman–Crippen MR) is 103 cm³/mol. The zero-order chi connectivity index (χ0) is 20.7. The van der Waals surface area contributed by atoms with Gasteiger partial charge in [0.05, 0.1) is 12.2 Å². The molecule has 5 rings (SSSR count). The van der Waals surface area contributed by atoms with Crippen LogP contribution in [0.2, 0.25) is 0 Å². The lowest BCUT2D eigenvalue weighted by Gasteiger charge is -2.25. The van der Waals surface area contributed by atoms with Gasteiger partial charge in [0.25, 0.3) is 5.91 Å². The Morgan fingerprint density at radius 3 is 2.63 bits per heavy atom. The number of hydrogen-bond donors (Lipinski definition) is 1. The number of tetrazole rings is 1. The van der Waals surface area contributed by atoms with Crippen LogP contribution in [0.25, 0.3) is 5.69 Å². The van der Waals surface area contributed by atoms with E-state index in [1.165, 1.54) is 4.68 Å². The first kappa shape index (κ1) is 18.1. The third kappa shape index (κ3) is 2.84. The normalized spacial score (nSPS) is 20.4. The van der Waals surface area contributed by atoms with Gasteiger partial charge in [-0.3, -0.25) is 9.69 Å². The van der Waals surface area contributed by atoms with Gasteiger partial charge in [0.2, 0.25) is 0 Å². The van der Waals surface area contributed by atoms with Crippen LogP contribution in [0.5, 0.6) is 11.5 Å². The van der Waals surface area contributed by atoms with Gasteiger partial charge in [-0.2, -0.15) is 4.68 Å². The topological polar surface area (TPSA) is 111 Å². The molecule has 0 radical (unpaired) electrons. The molecule has 1 aromatic heterocycles. The molecule has 3 heterocycles. The molecule has 152 valence electrons. The Hall–Kier alpha value is -3.95. The highest BCUT2D eigenvalue weighted by molar-refractivity contribution is 6.07. The molecule has 1 fully saturated rings. The van der Waals surface area contributed by atoms with E-state index >= 15 is 0 Å². The lowest BCUT2D eigenvalue weighted by Crippen LogP contribution is -2.41. The molecule has 0 bridgehead atoms. The first-order valence-corrected chi connectivity index (χ1v) is 9.43. The molecule has 2 aliphatic rings. The van der Waals surface area contributed by atoms with E-state index in [0.717, 1.165) is 10.6 Å². The van der Waals surface area contributed by atoms with E-state index in [4.69, 9.17) is 9.47 Å². The van der Waals surface area contributed by atoms with Crippen LogP contribution in [0, 0.1) is 0 Å². The number of imide groups is 1. The number of para-hydroxylation sites is 1. The van der Waals surface area contributed by atoms with Gasteiger partial charge in [0.1, 0.15) is 18.8 Å². The van der Waals surface area contributed by atoms with E-state index in [0.29, 0.717) is 36.1 Å². The van der Waals surface area contributed by atoms with Crippen LogP contribution < -0.4 is 14.8 Å². The Morgan fingerprint density at radius 2 is 1.83 bits per heavy atom. The summed E-state index contributed by atoms with van der Waals surface area (Å²) in [5, 5.41) is 14.5. The Kier molecular flexibility index (Phi) is 4.12. The number of urea groups is 1. The molecule has 0 spiro atoms. The van der Waals surface area contributed by atoms with Crippen molar-refractivity contribution >= 4 is 11.9 Å². The molecule has 3 amide bonds. The highest BCUT2D eigenvalue weighted by Gasteiger charge is 2.49. The summed E-state index contributed by atoms with van der Waals surface area (Å²) in [6.45, 7) is 2.51. The van der Waals surface area contributed by atoms with Crippen molar-refractivity contribution in [2.24, 2.45) is 0 Å². The van der Waals surface area contributed by atoms with Crippen LogP contribution in [-0.4, -0.2) is 50.3 Å². The zero-order valence-electron chi connectivity index (χ0n) is 16.1. The summed E-state index contributed by atoms with van der Waals surface area (Å²) in [6.07, 6.45) is 0. The number of nitrogens with one attached hydrogen (secondary N) is 1. The second kappa shape index (κ2) is 6.83. The number of aromatic nitrogens is 4. The summed E-state index contributed by atoms with van der Waals surface area (Å²) in [4.78, 5) is 27.1. The van der Waals surface area contributed by atoms with Crippen LogP contribution in [0.3, 0.4) is 0 Å². The Morgan fingerprint density at radius 1 is 1.07 bits per heavy atom. The lowest BCUT2D eigenvalue weighted by molar-refractivity contribution is -0.131. The molecule has 2 aliphatic heterocycles. The van der Waals surface area contributed by atoms with Crippen molar-refractivity contribution in [1.29, 1.82) is 0 Å². The van der Waals surface area contributed by atoms with Gasteiger partial charge in [0, 0.05) is 0 Å². The molecule has 3 aromatic rings. The van der Waals surface area contributed by atoms with E-state index in [1.54, 1.807) is 25.1 Å². The van der Waals surface area contributed by atoms with Crippen molar-refractivity contribution in [2.75, 3.05) is 13.2 Å². The second-order valence-corrected chi connectivity index (χ2v) is 7.15. The standard InChI is InChI=1S/C20H18N6O4/c1-20(13-7-8-15-16(11-13)30-10-9-29-15)18(27)25(19(28)21-20)12-17-22-23-24-26(17)14-5-3-2-4-6-14/h2-8,11H,9-10,12H2,1H3,(H,21,28)/t20-/m0/s1. The third-order valence-electron chi connectivity index (χ3n) is 5.23. The molecule has 10 heteroatoms. The molecule has 0 unspecified atom stereocenters. The second-order valence-electron chi connectivity index (χ2n) is 7.15. The maximum absolute atomic E-state index is 13.3. The molecule has 1 saturated heterocycles. The minimum Gasteiger partial charge on any atom is -0.486 e. The van der Waals surface area contributed by atoms with Gasteiger partial charge in [-0.25, -0.2) is 4.79 Å². The van der Waals surface area contributed by atoms with E-state index in [2.05, 4.69) is 20.8 Å². The van der Waals surface area contributed by atoms with E-state index < -0.39 is 17.5 Å². The summed E-state index contributed by atoms with van der Waals surface area (Å²) in [7, 11) is 0. The average Bonchev–Trinajstić information content (AvgIpc) is 3.33. The summed E-state index contributed by atoms with van der Waals surface area (Å²) in [5.41, 5.74) is 0.104. The molecule has 10 nitrogen and oxygen atoms in total. The van der Waals surface area contributed by atoms with Crippen LogP contribution in [0.1, 0.15) is 18.3 Å². The molecule has 2 aromatic carbocycles.